The van der Waals surface area contributed by atoms with Gasteiger partial charge < -0.3 is 27.7 Å². The number of ether oxygens (including phenoxy) is 2. The van der Waals surface area contributed by atoms with E-state index < -0.39 is 8.80 Å². The molecule has 1 aromatic carbocycles. The van der Waals surface area contributed by atoms with Gasteiger partial charge in [-0.15, -0.1) is 0 Å². The normalized spacial score (nSPS) is 11.9. The Kier molecular flexibility index (Phi) is 12.2. The largest absolute Gasteiger partial charge is 0.500 e. The number of azo groups is 1. The van der Waals surface area contributed by atoms with Gasteiger partial charge in [-0.3, -0.25) is 0 Å². The summed E-state index contributed by atoms with van der Waals surface area (Å²) in [4.78, 5) is 2.22. The van der Waals surface area contributed by atoms with Gasteiger partial charge in [0.05, 0.1) is 24.6 Å². The summed E-state index contributed by atoms with van der Waals surface area (Å²) in [5, 5.41) is 8.72. The average Bonchev–Trinajstić information content (AvgIpc) is 2.87. The van der Waals surface area contributed by atoms with Crippen molar-refractivity contribution in [3.63, 3.8) is 0 Å². The first kappa shape index (κ1) is 27.0. The van der Waals surface area contributed by atoms with Gasteiger partial charge in [0.25, 0.3) is 0 Å². The zero-order valence-corrected chi connectivity index (χ0v) is 21.4. The van der Waals surface area contributed by atoms with E-state index in [2.05, 4.69) is 19.7 Å². The smallest absolute Gasteiger partial charge is 0.383 e. The summed E-state index contributed by atoms with van der Waals surface area (Å²) < 4.78 is 28.9. The van der Waals surface area contributed by atoms with E-state index in [0.29, 0.717) is 13.2 Å². The second kappa shape index (κ2) is 14.8. The van der Waals surface area contributed by atoms with Gasteiger partial charge in [0.2, 0.25) is 0 Å². The lowest BCUT2D eigenvalue weighted by molar-refractivity contribution is -0.696. The predicted molar refractivity (Wildman–Crippen MR) is 129 cm³/mol. The highest BCUT2D eigenvalue weighted by Crippen LogP contribution is 2.22. The molecule has 0 fully saturated rings. The quantitative estimate of drug-likeness (QED) is 0.208. The maximum atomic E-state index is 5.47. The zero-order valence-electron chi connectivity index (χ0n) is 20.4. The van der Waals surface area contributed by atoms with Gasteiger partial charge in [0.15, 0.2) is 12.4 Å². The van der Waals surface area contributed by atoms with Gasteiger partial charge in [0, 0.05) is 78.9 Å². The number of rotatable bonds is 16. The molecule has 0 aliphatic rings. The fraction of sp³-hybridized carbons (Fsp3) is 0.522. The highest BCUT2D eigenvalue weighted by molar-refractivity contribution is 6.60. The third-order valence-electron chi connectivity index (χ3n) is 5.33. The van der Waals surface area contributed by atoms with E-state index in [-0.39, 0.29) is 0 Å². The molecule has 0 spiro atoms. The molecule has 0 aliphatic carbocycles. The summed E-state index contributed by atoms with van der Waals surface area (Å²) in [7, 11) is 5.81. The molecule has 0 amide bonds. The SMILES string of the molecule is COCCN(CCOC)c1ccc(N=Nc2cc[n+](CCC[Si](OC)(OC)OC)cc2)cc1. The van der Waals surface area contributed by atoms with Crippen LogP contribution in [0, 0.1) is 0 Å². The molecular formula is C23H37N4O5Si+. The molecule has 0 radical (unpaired) electrons. The molecule has 182 valence electrons. The van der Waals surface area contributed by atoms with Crippen LogP contribution in [0.2, 0.25) is 6.04 Å². The van der Waals surface area contributed by atoms with E-state index in [9.17, 15) is 0 Å². The van der Waals surface area contributed by atoms with Crippen molar-refractivity contribution in [2.75, 3.05) is 66.8 Å². The number of nitrogens with zero attached hydrogens (tertiary/aromatic N) is 4. The van der Waals surface area contributed by atoms with Crippen LogP contribution in [0.15, 0.2) is 59.0 Å². The predicted octanol–water partition coefficient (Wildman–Crippen LogP) is 3.76. The van der Waals surface area contributed by atoms with Crippen LogP contribution >= 0.6 is 0 Å². The highest BCUT2D eigenvalue weighted by atomic mass is 28.4. The van der Waals surface area contributed by atoms with E-state index in [1.807, 2.05) is 48.8 Å². The highest BCUT2D eigenvalue weighted by Gasteiger charge is 2.37. The number of pyridine rings is 1. The summed E-state index contributed by atoms with van der Waals surface area (Å²) in [6.45, 7) is 3.76. The fourth-order valence-corrected chi connectivity index (χ4v) is 5.02. The molecule has 10 heteroatoms. The first-order valence-electron chi connectivity index (χ1n) is 11.0. The first-order valence-corrected chi connectivity index (χ1v) is 12.9. The number of aromatic nitrogens is 1. The first-order chi connectivity index (χ1) is 16.1. The number of methoxy groups -OCH3 is 2. The lowest BCUT2D eigenvalue weighted by Gasteiger charge is -2.24. The average molecular weight is 478 g/mol. The molecule has 33 heavy (non-hydrogen) atoms. The summed E-state index contributed by atoms with van der Waals surface area (Å²) in [5.74, 6) is 0. The van der Waals surface area contributed by atoms with Crippen LogP contribution in [-0.2, 0) is 29.3 Å². The fourth-order valence-electron chi connectivity index (χ4n) is 3.32. The molecule has 0 aliphatic heterocycles. The number of aryl methyl sites for hydroxylation is 1. The molecule has 2 rings (SSSR count). The minimum atomic E-state index is -2.52. The van der Waals surface area contributed by atoms with Gasteiger partial charge in [-0.2, -0.15) is 10.2 Å². The van der Waals surface area contributed by atoms with E-state index in [0.717, 1.165) is 49.2 Å². The number of hydrogen-bond acceptors (Lipinski definition) is 8. The maximum absolute atomic E-state index is 5.47. The van der Waals surface area contributed by atoms with Crippen LogP contribution in [0.25, 0.3) is 0 Å². The molecule has 0 atom stereocenters. The van der Waals surface area contributed by atoms with Crippen molar-refractivity contribution in [2.24, 2.45) is 10.2 Å². The van der Waals surface area contributed by atoms with E-state index >= 15 is 0 Å². The van der Waals surface area contributed by atoms with Gasteiger partial charge in [0.1, 0.15) is 6.54 Å². The maximum Gasteiger partial charge on any atom is 0.500 e. The van der Waals surface area contributed by atoms with E-state index in [1.54, 1.807) is 35.5 Å². The Morgan fingerprint density at radius 2 is 1.27 bits per heavy atom. The Hall–Kier alpha value is -2.21. The third kappa shape index (κ3) is 8.92. The lowest BCUT2D eigenvalue weighted by atomic mass is 10.2. The Labute approximate surface area is 198 Å². The van der Waals surface area contributed by atoms with E-state index in [4.69, 9.17) is 22.8 Å². The second-order valence-electron chi connectivity index (χ2n) is 7.38. The third-order valence-corrected chi connectivity index (χ3v) is 8.16. The molecule has 0 unspecified atom stereocenters. The topological polar surface area (TPSA) is 78.0 Å². The minimum Gasteiger partial charge on any atom is -0.383 e. The van der Waals surface area contributed by atoms with Crippen LogP contribution in [0.5, 0.6) is 0 Å². The van der Waals surface area contributed by atoms with Gasteiger partial charge in [-0.1, -0.05) is 0 Å². The van der Waals surface area contributed by atoms with Crippen molar-refractivity contribution in [1.29, 1.82) is 0 Å². The Morgan fingerprint density at radius 1 is 0.758 bits per heavy atom. The molecule has 1 heterocycles. The monoisotopic (exact) mass is 477 g/mol. The van der Waals surface area contributed by atoms with Crippen LogP contribution in [-0.4, -0.2) is 70.7 Å². The van der Waals surface area contributed by atoms with Gasteiger partial charge in [-0.05, 0) is 24.3 Å². The van der Waals surface area contributed by atoms with Crippen molar-refractivity contribution in [2.45, 2.75) is 19.0 Å². The van der Waals surface area contributed by atoms with Crippen molar-refractivity contribution in [3.8, 4) is 0 Å². The molecule has 0 saturated heterocycles. The van der Waals surface area contributed by atoms with Crippen LogP contribution < -0.4 is 9.47 Å². The van der Waals surface area contributed by atoms with Gasteiger partial charge in [-0.25, -0.2) is 4.57 Å². The summed E-state index contributed by atoms with van der Waals surface area (Å²) in [6.07, 6.45) is 4.89. The van der Waals surface area contributed by atoms with Crippen molar-refractivity contribution >= 4 is 25.9 Å². The molecular weight excluding hydrogens is 440 g/mol. The van der Waals surface area contributed by atoms with Crippen LogP contribution in [0.1, 0.15) is 6.42 Å². The molecule has 0 bridgehead atoms. The number of hydrogen-bond donors (Lipinski definition) is 0. The summed E-state index contributed by atoms with van der Waals surface area (Å²) >= 11 is 0. The Morgan fingerprint density at radius 3 is 1.76 bits per heavy atom. The Bertz CT molecular complexity index is 800. The molecule has 0 N–H and O–H groups in total. The second-order valence-corrected chi connectivity index (χ2v) is 10.5. The standard InChI is InChI=1S/C23H37N4O5Si/c1-28-18-16-27(17-19-29-2)23-9-7-21(8-10-23)24-25-22-11-14-26(15-12-22)13-6-20-33(30-3,31-4)32-5/h7-12,14-15H,6,13,16-20H2,1-5H3/q+1. The van der Waals surface area contributed by atoms with Gasteiger partial charge >= 0.3 is 8.80 Å². The van der Waals surface area contributed by atoms with Crippen LogP contribution in [0.3, 0.4) is 0 Å². The van der Waals surface area contributed by atoms with Crippen molar-refractivity contribution in [1.82, 2.24) is 0 Å². The van der Waals surface area contributed by atoms with E-state index in [1.165, 1.54) is 0 Å². The molecule has 9 nitrogen and oxygen atoms in total. The summed E-state index contributed by atoms with van der Waals surface area (Å²) in [6, 6.07) is 12.7. The molecule has 0 saturated carbocycles. The minimum absolute atomic E-state index is 0.660. The zero-order chi connectivity index (χ0) is 23.9. The summed E-state index contributed by atoms with van der Waals surface area (Å²) in [5.41, 5.74) is 2.70. The molecule has 2 aromatic rings. The van der Waals surface area contributed by atoms with Crippen LogP contribution in [0.4, 0.5) is 17.1 Å². The van der Waals surface area contributed by atoms with Crippen molar-refractivity contribution < 1.29 is 27.3 Å². The lowest BCUT2D eigenvalue weighted by Crippen LogP contribution is -2.44. The number of anilines is 1. The van der Waals surface area contributed by atoms with Crippen molar-refractivity contribution in [3.05, 3.63) is 48.8 Å². The Balaban J connectivity index is 1.91. The number of benzene rings is 1. The molecule has 1 aromatic heterocycles.